The lowest BCUT2D eigenvalue weighted by Gasteiger charge is -2.16. The van der Waals surface area contributed by atoms with E-state index in [9.17, 15) is 4.21 Å². The lowest BCUT2D eigenvalue weighted by molar-refractivity contribution is 0.552. The van der Waals surface area contributed by atoms with Crippen molar-refractivity contribution in [3.63, 3.8) is 0 Å². The molecule has 0 radical (unpaired) electrons. The minimum atomic E-state index is -0.857. The van der Waals surface area contributed by atoms with E-state index >= 15 is 0 Å². The molecule has 0 aliphatic carbocycles. The number of fused-ring (bicyclic) bond motifs is 1. The van der Waals surface area contributed by atoms with Crippen molar-refractivity contribution in [2.45, 2.75) is 29.5 Å². The lowest BCUT2D eigenvalue weighted by atomic mass is 10.0. The molecular weight excluding hydrogens is 274 g/mol. The molecule has 0 spiro atoms. The Kier molecular flexibility index (Phi) is 3.28. The molecule has 1 aliphatic heterocycles. The first-order valence-corrected chi connectivity index (χ1v) is 7.07. The molecule has 0 fully saturated rings. The SMILES string of the molecule is CCC1C(NC)c2cc(Br)ccc2S1=O. The Balaban J connectivity index is 2.52. The number of nitrogens with one attached hydrogen (secondary N) is 1. The molecule has 0 aromatic heterocycles. The summed E-state index contributed by atoms with van der Waals surface area (Å²) in [4.78, 5) is 0.990. The van der Waals surface area contributed by atoms with Gasteiger partial charge in [-0.2, -0.15) is 0 Å². The highest BCUT2D eigenvalue weighted by atomic mass is 79.9. The van der Waals surface area contributed by atoms with Crippen molar-refractivity contribution in [1.82, 2.24) is 5.32 Å². The quantitative estimate of drug-likeness (QED) is 0.906. The standard InChI is InChI=1S/C11H14BrNOS/c1-3-9-11(13-2)8-6-7(12)4-5-10(8)15(9)14/h4-6,9,11,13H,3H2,1-2H3. The van der Waals surface area contributed by atoms with Crippen LogP contribution >= 0.6 is 15.9 Å². The third-order valence-corrected chi connectivity index (χ3v) is 5.34. The molecule has 0 amide bonds. The summed E-state index contributed by atoms with van der Waals surface area (Å²) in [5.74, 6) is 0. The Bertz CT molecular complexity index is 408. The molecule has 2 nitrogen and oxygen atoms in total. The largest absolute Gasteiger partial charge is 0.312 e. The molecular formula is C11H14BrNOS. The number of benzene rings is 1. The third kappa shape index (κ3) is 1.79. The molecule has 0 saturated heterocycles. The van der Waals surface area contributed by atoms with Gasteiger partial charge in [0.1, 0.15) is 0 Å². The van der Waals surface area contributed by atoms with Gasteiger partial charge in [0.2, 0.25) is 0 Å². The van der Waals surface area contributed by atoms with Gasteiger partial charge in [-0.15, -0.1) is 0 Å². The number of rotatable bonds is 2. The maximum atomic E-state index is 12.2. The molecule has 0 bridgehead atoms. The minimum absolute atomic E-state index is 0.208. The first kappa shape index (κ1) is 11.3. The molecule has 82 valence electrons. The van der Waals surface area contributed by atoms with Gasteiger partial charge in [-0.1, -0.05) is 22.9 Å². The summed E-state index contributed by atoms with van der Waals surface area (Å²) >= 11 is 3.46. The number of hydrogen-bond acceptors (Lipinski definition) is 2. The second-order valence-electron chi connectivity index (χ2n) is 3.69. The van der Waals surface area contributed by atoms with Gasteiger partial charge in [0.05, 0.1) is 16.0 Å². The predicted octanol–water partition coefficient (Wildman–Crippen LogP) is 2.61. The molecule has 1 aromatic carbocycles. The topological polar surface area (TPSA) is 29.1 Å². The molecule has 3 unspecified atom stereocenters. The van der Waals surface area contributed by atoms with Crippen LogP contribution in [0.3, 0.4) is 0 Å². The summed E-state index contributed by atoms with van der Waals surface area (Å²) < 4.78 is 13.2. The second kappa shape index (κ2) is 4.36. The summed E-state index contributed by atoms with van der Waals surface area (Å²) in [6.45, 7) is 2.09. The predicted molar refractivity (Wildman–Crippen MR) is 66.4 cm³/mol. The van der Waals surface area contributed by atoms with Crippen molar-refractivity contribution < 1.29 is 4.21 Å². The van der Waals surface area contributed by atoms with Crippen LogP contribution in [0.5, 0.6) is 0 Å². The second-order valence-corrected chi connectivity index (χ2v) is 6.25. The van der Waals surface area contributed by atoms with E-state index in [2.05, 4.69) is 34.2 Å². The van der Waals surface area contributed by atoms with Gasteiger partial charge < -0.3 is 5.32 Å². The Hall–Kier alpha value is -0.190. The van der Waals surface area contributed by atoms with Crippen LogP contribution in [0, 0.1) is 0 Å². The van der Waals surface area contributed by atoms with Crippen LogP contribution in [0.25, 0.3) is 0 Å². The maximum absolute atomic E-state index is 12.2. The van der Waals surface area contributed by atoms with Crippen LogP contribution in [-0.2, 0) is 10.8 Å². The number of hydrogen-bond donors (Lipinski definition) is 1. The zero-order valence-electron chi connectivity index (χ0n) is 8.79. The average Bonchev–Trinajstić information content (AvgIpc) is 2.50. The zero-order valence-corrected chi connectivity index (χ0v) is 11.2. The van der Waals surface area contributed by atoms with E-state index in [4.69, 9.17) is 0 Å². The minimum Gasteiger partial charge on any atom is -0.312 e. The smallest absolute Gasteiger partial charge is 0.0587 e. The van der Waals surface area contributed by atoms with E-state index in [1.165, 1.54) is 5.56 Å². The van der Waals surface area contributed by atoms with Crippen molar-refractivity contribution in [2.24, 2.45) is 0 Å². The lowest BCUT2D eigenvalue weighted by Crippen LogP contribution is -2.26. The molecule has 1 N–H and O–H groups in total. The molecule has 1 heterocycles. The van der Waals surface area contributed by atoms with Crippen LogP contribution < -0.4 is 5.32 Å². The highest BCUT2D eigenvalue weighted by Crippen LogP contribution is 2.38. The van der Waals surface area contributed by atoms with Gasteiger partial charge in [0, 0.05) is 15.4 Å². The van der Waals surface area contributed by atoms with Crippen molar-refractivity contribution in [2.75, 3.05) is 7.05 Å². The Morgan fingerprint density at radius 2 is 2.27 bits per heavy atom. The van der Waals surface area contributed by atoms with Crippen LogP contribution in [0.1, 0.15) is 24.9 Å². The molecule has 3 atom stereocenters. The summed E-state index contributed by atoms with van der Waals surface area (Å²) in [6, 6.07) is 6.23. The van der Waals surface area contributed by atoms with Gasteiger partial charge in [-0.05, 0) is 37.2 Å². The Morgan fingerprint density at radius 1 is 1.53 bits per heavy atom. The average molecular weight is 288 g/mol. The van der Waals surface area contributed by atoms with Gasteiger partial charge in [-0.25, -0.2) is 0 Å². The van der Waals surface area contributed by atoms with E-state index in [0.717, 1.165) is 15.8 Å². The van der Waals surface area contributed by atoms with Crippen LogP contribution in [0.15, 0.2) is 27.6 Å². The molecule has 0 saturated carbocycles. The van der Waals surface area contributed by atoms with E-state index < -0.39 is 10.8 Å². The summed E-state index contributed by atoms with van der Waals surface area (Å²) in [6.07, 6.45) is 0.935. The summed E-state index contributed by atoms with van der Waals surface area (Å²) in [5, 5.41) is 3.47. The van der Waals surface area contributed by atoms with Gasteiger partial charge in [0.25, 0.3) is 0 Å². The summed E-state index contributed by atoms with van der Waals surface area (Å²) in [5.41, 5.74) is 1.18. The fourth-order valence-electron chi connectivity index (χ4n) is 2.16. The Morgan fingerprint density at radius 3 is 2.87 bits per heavy atom. The van der Waals surface area contributed by atoms with E-state index in [1.807, 2.05) is 19.2 Å². The third-order valence-electron chi connectivity index (χ3n) is 2.88. The molecule has 2 rings (SSSR count). The highest BCUT2D eigenvalue weighted by molar-refractivity contribution is 9.10. The highest BCUT2D eigenvalue weighted by Gasteiger charge is 2.36. The van der Waals surface area contributed by atoms with Crippen molar-refractivity contribution >= 4 is 26.7 Å². The first-order valence-electron chi connectivity index (χ1n) is 5.06. The fraction of sp³-hybridized carbons (Fsp3) is 0.455. The molecule has 1 aromatic rings. The van der Waals surface area contributed by atoms with E-state index in [1.54, 1.807) is 0 Å². The summed E-state index contributed by atoms with van der Waals surface area (Å²) in [7, 11) is 1.07. The van der Waals surface area contributed by atoms with Gasteiger partial charge >= 0.3 is 0 Å². The molecule has 4 heteroatoms. The van der Waals surface area contributed by atoms with Crippen molar-refractivity contribution in [1.29, 1.82) is 0 Å². The van der Waals surface area contributed by atoms with Crippen molar-refractivity contribution in [3.05, 3.63) is 28.2 Å². The maximum Gasteiger partial charge on any atom is 0.0587 e. The molecule has 15 heavy (non-hydrogen) atoms. The number of halogens is 1. The van der Waals surface area contributed by atoms with Gasteiger partial charge in [0.15, 0.2) is 0 Å². The van der Waals surface area contributed by atoms with Crippen LogP contribution in [0.4, 0.5) is 0 Å². The normalized spacial score (nSPS) is 29.1. The van der Waals surface area contributed by atoms with Crippen molar-refractivity contribution in [3.8, 4) is 0 Å². The van der Waals surface area contributed by atoms with Gasteiger partial charge in [-0.3, -0.25) is 4.21 Å². The first-order chi connectivity index (χ1) is 7.19. The Labute approximate surface area is 101 Å². The van der Waals surface area contributed by atoms with E-state index in [0.29, 0.717) is 0 Å². The van der Waals surface area contributed by atoms with Crippen LogP contribution in [0.2, 0.25) is 0 Å². The fourth-order valence-corrected chi connectivity index (χ4v) is 4.32. The van der Waals surface area contributed by atoms with E-state index in [-0.39, 0.29) is 11.3 Å². The monoisotopic (exact) mass is 287 g/mol. The zero-order chi connectivity index (χ0) is 11.0. The molecule has 1 aliphatic rings. The van der Waals surface area contributed by atoms with Crippen LogP contribution in [-0.4, -0.2) is 16.5 Å².